The summed E-state index contributed by atoms with van der Waals surface area (Å²) in [6.07, 6.45) is 3.67. The van der Waals surface area contributed by atoms with Crippen LogP contribution in [0.5, 0.6) is 0 Å². The predicted molar refractivity (Wildman–Crippen MR) is 94.7 cm³/mol. The number of thiophene rings is 1. The fourth-order valence-electron chi connectivity index (χ4n) is 2.60. The zero-order valence-corrected chi connectivity index (χ0v) is 14.4. The van der Waals surface area contributed by atoms with Crippen LogP contribution >= 0.6 is 22.7 Å². The monoisotopic (exact) mass is 358 g/mol. The minimum absolute atomic E-state index is 0.00834. The minimum Gasteiger partial charge on any atom is -0.330 e. The predicted octanol–water partition coefficient (Wildman–Crippen LogP) is 4.82. The summed E-state index contributed by atoms with van der Waals surface area (Å²) in [7, 11) is 0. The van der Waals surface area contributed by atoms with Crippen molar-refractivity contribution < 1.29 is 9.18 Å². The summed E-state index contributed by atoms with van der Waals surface area (Å²) < 4.78 is 13.9. The van der Waals surface area contributed by atoms with Crippen LogP contribution < -0.4 is 0 Å². The van der Waals surface area contributed by atoms with E-state index < -0.39 is 0 Å². The standard InChI is InChI=1S/C18H15FN2OS2/c19-15-6-2-1-5-14(15)17-20-10-16(24-17)18(22)21(12-7-8-12)11-13-4-3-9-23-13/h1-6,9-10,12H,7-8,11H2. The van der Waals surface area contributed by atoms with Gasteiger partial charge in [0.05, 0.1) is 12.7 Å². The maximum atomic E-state index is 13.9. The highest BCUT2D eigenvalue weighted by atomic mass is 32.1. The highest BCUT2D eigenvalue weighted by Gasteiger charge is 2.34. The first-order valence-corrected chi connectivity index (χ1v) is 9.46. The van der Waals surface area contributed by atoms with E-state index >= 15 is 0 Å². The van der Waals surface area contributed by atoms with Crippen molar-refractivity contribution in [1.29, 1.82) is 0 Å². The van der Waals surface area contributed by atoms with Crippen molar-refractivity contribution in [3.8, 4) is 10.6 Å². The van der Waals surface area contributed by atoms with E-state index in [2.05, 4.69) is 4.98 Å². The Morgan fingerprint density at radius 2 is 2.08 bits per heavy atom. The van der Waals surface area contributed by atoms with Crippen LogP contribution in [0, 0.1) is 5.82 Å². The van der Waals surface area contributed by atoms with E-state index in [0.29, 0.717) is 28.0 Å². The molecule has 3 nitrogen and oxygen atoms in total. The largest absolute Gasteiger partial charge is 0.330 e. The molecule has 3 aromatic rings. The van der Waals surface area contributed by atoms with Crippen LogP contribution in [0.3, 0.4) is 0 Å². The van der Waals surface area contributed by atoms with Crippen molar-refractivity contribution in [2.24, 2.45) is 0 Å². The Balaban J connectivity index is 1.58. The molecule has 0 spiro atoms. The van der Waals surface area contributed by atoms with E-state index in [4.69, 9.17) is 0 Å². The number of amides is 1. The molecule has 0 atom stereocenters. The third-order valence-electron chi connectivity index (χ3n) is 3.98. The Bertz CT molecular complexity index is 856. The number of hydrogen-bond acceptors (Lipinski definition) is 4. The number of benzene rings is 1. The lowest BCUT2D eigenvalue weighted by atomic mass is 10.2. The summed E-state index contributed by atoms with van der Waals surface area (Å²) in [5.74, 6) is -0.325. The zero-order chi connectivity index (χ0) is 16.5. The molecule has 24 heavy (non-hydrogen) atoms. The number of hydrogen-bond donors (Lipinski definition) is 0. The molecule has 2 aromatic heterocycles. The van der Waals surface area contributed by atoms with E-state index in [9.17, 15) is 9.18 Å². The second-order valence-corrected chi connectivity index (χ2v) is 7.82. The van der Waals surface area contributed by atoms with E-state index in [1.54, 1.807) is 35.7 Å². The van der Waals surface area contributed by atoms with Crippen LogP contribution in [-0.2, 0) is 6.54 Å². The molecule has 0 N–H and O–H groups in total. The normalized spacial score (nSPS) is 13.9. The molecule has 1 aliphatic rings. The van der Waals surface area contributed by atoms with Crippen LogP contribution in [0.4, 0.5) is 4.39 Å². The van der Waals surface area contributed by atoms with Gasteiger partial charge in [-0.2, -0.15) is 0 Å². The van der Waals surface area contributed by atoms with Crippen LogP contribution in [0.25, 0.3) is 10.6 Å². The SMILES string of the molecule is O=C(c1cnc(-c2ccccc2F)s1)N(Cc1cccs1)C1CC1. The molecule has 4 rings (SSSR count). The molecule has 0 aliphatic heterocycles. The van der Waals surface area contributed by atoms with Gasteiger partial charge in [0, 0.05) is 16.5 Å². The van der Waals surface area contributed by atoms with Crippen molar-refractivity contribution in [2.45, 2.75) is 25.4 Å². The number of nitrogens with zero attached hydrogens (tertiary/aromatic N) is 2. The molecule has 1 fully saturated rings. The number of aromatic nitrogens is 1. The van der Waals surface area contributed by atoms with Crippen molar-refractivity contribution in [1.82, 2.24) is 9.88 Å². The van der Waals surface area contributed by atoms with Gasteiger partial charge in [-0.3, -0.25) is 4.79 Å². The molecular weight excluding hydrogens is 343 g/mol. The van der Waals surface area contributed by atoms with Gasteiger partial charge in [0.1, 0.15) is 15.7 Å². The van der Waals surface area contributed by atoms with Gasteiger partial charge in [-0.1, -0.05) is 18.2 Å². The molecule has 122 valence electrons. The van der Waals surface area contributed by atoms with Crippen molar-refractivity contribution in [3.63, 3.8) is 0 Å². The van der Waals surface area contributed by atoms with Gasteiger partial charge < -0.3 is 4.90 Å². The van der Waals surface area contributed by atoms with Gasteiger partial charge in [0.25, 0.3) is 5.91 Å². The first kappa shape index (κ1) is 15.5. The Hall–Kier alpha value is -2.05. The molecule has 0 saturated heterocycles. The highest BCUT2D eigenvalue weighted by molar-refractivity contribution is 7.16. The highest BCUT2D eigenvalue weighted by Crippen LogP contribution is 2.33. The second kappa shape index (κ2) is 6.45. The molecule has 1 aliphatic carbocycles. The fourth-order valence-corrected chi connectivity index (χ4v) is 4.20. The Morgan fingerprint density at radius 1 is 1.25 bits per heavy atom. The lowest BCUT2D eigenvalue weighted by molar-refractivity contribution is 0.0736. The summed E-state index contributed by atoms with van der Waals surface area (Å²) in [6.45, 7) is 0.633. The third-order valence-corrected chi connectivity index (χ3v) is 5.86. The summed E-state index contributed by atoms with van der Waals surface area (Å²) in [5, 5.41) is 2.57. The average Bonchev–Trinajstić information content (AvgIpc) is 3.10. The Morgan fingerprint density at radius 3 is 2.79 bits per heavy atom. The van der Waals surface area contributed by atoms with E-state index in [0.717, 1.165) is 12.8 Å². The lowest BCUT2D eigenvalue weighted by Gasteiger charge is -2.20. The van der Waals surface area contributed by atoms with Crippen LogP contribution in [-0.4, -0.2) is 21.8 Å². The molecule has 1 amide bonds. The second-order valence-electron chi connectivity index (χ2n) is 5.75. The fraction of sp³-hybridized carbons (Fsp3) is 0.222. The van der Waals surface area contributed by atoms with Gasteiger partial charge in [-0.25, -0.2) is 9.37 Å². The van der Waals surface area contributed by atoms with Crippen LogP contribution in [0.2, 0.25) is 0 Å². The van der Waals surface area contributed by atoms with Gasteiger partial charge >= 0.3 is 0 Å². The van der Waals surface area contributed by atoms with Gasteiger partial charge in [-0.15, -0.1) is 22.7 Å². The van der Waals surface area contributed by atoms with Crippen LogP contribution in [0.1, 0.15) is 27.4 Å². The molecule has 1 aromatic carbocycles. The maximum Gasteiger partial charge on any atom is 0.266 e. The number of carbonyl (C=O) groups is 1. The van der Waals surface area contributed by atoms with Gasteiger partial charge in [-0.05, 0) is 36.4 Å². The average molecular weight is 358 g/mol. The number of rotatable bonds is 5. The molecular formula is C18H15FN2OS2. The quantitative estimate of drug-likeness (QED) is 0.655. The van der Waals surface area contributed by atoms with E-state index in [1.165, 1.54) is 22.3 Å². The lowest BCUT2D eigenvalue weighted by Crippen LogP contribution is -2.31. The Kier molecular flexibility index (Phi) is 4.16. The van der Waals surface area contributed by atoms with Crippen molar-refractivity contribution in [3.05, 3.63) is 63.5 Å². The van der Waals surface area contributed by atoms with Crippen molar-refractivity contribution >= 4 is 28.6 Å². The minimum atomic E-state index is -0.316. The molecule has 2 heterocycles. The number of carbonyl (C=O) groups excluding carboxylic acids is 1. The third kappa shape index (κ3) is 3.12. The maximum absolute atomic E-state index is 13.9. The summed E-state index contributed by atoms with van der Waals surface area (Å²) in [5.41, 5.74) is 0.442. The zero-order valence-electron chi connectivity index (χ0n) is 12.8. The van der Waals surface area contributed by atoms with E-state index in [1.807, 2.05) is 22.4 Å². The number of thiazole rings is 1. The van der Waals surface area contributed by atoms with Crippen molar-refractivity contribution in [2.75, 3.05) is 0 Å². The first-order valence-electron chi connectivity index (χ1n) is 7.76. The van der Waals surface area contributed by atoms with Gasteiger partial charge in [0.2, 0.25) is 0 Å². The summed E-state index contributed by atoms with van der Waals surface area (Å²) >= 11 is 2.91. The topological polar surface area (TPSA) is 33.2 Å². The first-order chi connectivity index (χ1) is 11.7. The summed E-state index contributed by atoms with van der Waals surface area (Å²) in [6, 6.07) is 10.9. The molecule has 0 bridgehead atoms. The smallest absolute Gasteiger partial charge is 0.266 e. The summed E-state index contributed by atoms with van der Waals surface area (Å²) in [4.78, 5) is 20.8. The van der Waals surface area contributed by atoms with Gasteiger partial charge in [0.15, 0.2) is 0 Å². The Labute approximate surface area is 147 Å². The van der Waals surface area contributed by atoms with Crippen LogP contribution in [0.15, 0.2) is 48.0 Å². The molecule has 6 heteroatoms. The molecule has 0 radical (unpaired) electrons. The molecule has 1 saturated carbocycles. The van der Waals surface area contributed by atoms with E-state index in [-0.39, 0.29) is 11.7 Å². The molecule has 0 unspecified atom stereocenters. The number of halogens is 1.